The van der Waals surface area contributed by atoms with Crippen LogP contribution in [0.5, 0.6) is 0 Å². The van der Waals surface area contributed by atoms with E-state index in [-0.39, 0.29) is 41.8 Å². The lowest BCUT2D eigenvalue weighted by atomic mass is 10.2. The van der Waals surface area contributed by atoms with Crippen molar-refractivity contribution in [2.24, 2.45) is 0 Å². The van der Waals surface area contributed by atoms with Gasteiger partial charge in [-0.25, -0.2) is 0 Å². The quantitative estimate of drug-likeness (QED) is 0.122. The van der Waals surface area contributed by atoms with Crippen molar-refractivity contribution in [1.29, 1.82) is 5.26 Å². The van der Waals surface area contributed by atoms with E-state index in [0.717, 1.165) is 0 Å². The summed E-state index contributed by atoms with van der Waals surface area (Å²) in [6.45, 7) is 23.2. The summed E-state index contributed by atoms with van der Waals surface area (Å²) >= 11 is 0. The number of nitrogens with one attached hydrogen (secondary N) is 1. The SMILES string of the molecule is C.C.C.C.C=C(CNC(=O)/C(C#N)=C/C=C/N(C)C)[Si](C)(O[Si](C)(C)C)O[Si](C)(C)O[Si](C)(C)C. The van der Waals surface area contributed by atoms with Gasteiger partial charge in [0, 0.05) is 20.6 Å². The molecule has 1 amide bonds. The van der Waals surface area contributed by atoms with Crippen molar-refractivity contribution in [2.45, 2.75) is 88.6 Å². The van der Waals surface area contributed by atoms with E-state index in [9.17, 15) is 10.1 Å². The van der Waals surface area contributed by atoms with Gasteiger partial charge >= 0.3 is 17.1 Å². The van der Waals surface area contributed by atoms with Gasteiger partial charge in [0.1, 0.15) is 11.6 Å². The van der Waals surface area contributed by atoms with E-state index >= 15 is 0 Å². The summed E-state index contributed by atoms with van der Waals surface area (Å²) in [5.41, 5.74) is 0.0260. The molecule has 0 aromatic rings. The van der Waals surface area contributed by atoms with Gasteiger partial charge in [0.15, 0.2) is 16.6 Å². The van der Waals surface area contributed by atoms with Gasteiger partial charge in [-0.2, -0.15) is 5.26 Å². The molecule has 1 N–H and O–H groups in total. The van der Waals surface area contributed by atoms with Crippen LogP contribution < -0.4 is 5.32 Å². The molecule has 0 saturated carbocycles. The predicted octanol–water partition coefficient (Wildman–Crippen LogP) is 6.76. The molecule has 1 atom stereocenters. The number of nitrogens with zero attached hydrogens (tertiary/aromatic N) is 2. The highest BCUT2D eigenvalue weighted by Crippen LogP contribution is 2.28. The van der Waals surface area contributed by atoms with Crippen molar-refractivity contribution >= 4 is 39.7 Å². The average molecular weight is 564 g/mol. The average Bonchev–Trinajstić information content (AvgIpc) is 2.51. The van der Waals surface area contributed by atoms with Crippen LogP contribution >= 0.6 is 0 Å². The fourth-order valence-corrected chi connectivity index (χ4v) is 19.9. The third kappa shape index (κ3) is 19.6. The van der Waals surface area contributed by atoms with Crippen LogP contribution in [0.25, 0.3) is 0 Å². The fourth-order valence-electron chi connectivity index (χ4n) is 2.89. The second-order valence-electron chi connectivity index (χ2n) is 10.2. The maximum absolute atomic E-state index is 12.5. The van der Waals surface area contributed by atoms with E-state index in [1.54, 1.807) is 12.3 Å². The zero-order valence-electron chi connectivity index (χ0n) is 21.2. The van der Waals surface area contributed by atoms with Crippen LogP contribution in [-0.4, -0.2) is 65.2 Å². The maximum Gasteiger partial charge on any atom is 0.347 e. The largest absolute Gasteiger partial charge is 0.437 e. The molecule has 1 unspecified atom stereocenters. The standard InChI is InChI=1S/C20H41N3O4Si4.4CH4/c1-18(17-22-20(24)19(16-21)14-13-15-23(2)3)31(12,26-29(7,8)9)27-30(10,11)25-28(4,5)6;;;;/h13-15H,1,17H2,2-12H3,(H,22,24);4*1H4/b15-13+,19-14+;;;;. The molecule has 0 spiro atoms. The first-order valence-corrected chi connectivity index (χ1v) is 22.3. The van der Waals surface area contributed by atoms with Crippen molar-refractivity contribution in [3.63, 3.8) is 0 Å². The molecule has 0 aromatic carbocycles. The molecule has 208 valence electrons. The zero-order valence-corrected chi connectivity index (χ0v) is 25.2. The summed E-state index contributed by atoms with van der Waals surface area (Å²) in [6, 6.07) is 1.94. The molecule has 0 saturated heterocycles. The lowest BCUT2D eigenvalue weighted by Crippen LogP contribution is -2.59. The van der Waals surface area contributed by atoms with Crippen LogP contribution in [0.2, 0.25) is 58.9 Å². The van der Waals surface area contributed by atoms with Crippen molar-refractivity contribution in [2.75, 3.05) is 20.6 Å². The van der Waals surface area contributed by atoms with Gasteiger partial charge in [0.25, 0.3) is 5.91 Å². The van der Waals surface area contributed by atoms with Gasteiger partial charge in [0.05, 0.1) is 0 Å². The molecule has 0 aliphatic heterocycles. The van der Waals surface area contributed by atoms with Crippen molar-refractivity contribution in [1.82, 2.24) is 10.2 Å². The Balaban J connectivity index is -0.000000750. The molecule has 0 rings (SSSR count). The van der Waals surface area contributed by atoms with Crippen molar-refractivity contribution in [3.8, 4) is 6.07 Å². The van der Waals surface area contributed by atoms with E-state index in [2.05, 4.69) is 51.2 Å². The zero-order chi connectivity index (χ0) is 24.7. The minimum Gasteiger partial charge on any atom is -0.437 e. The first kappa shape index (κ1) is 43.8. The Labute approximate surface area is 223 Å². The number of carbonyl (C=O) groups is 1. The summed E-state index contributed by atoms with van der Waals surface area (Å²) in [7, 11) is -5.41. The van der Waals surface area contributed by atoms with Crippen LogP contribution in [-0.2, 0) is 17.1 Å². The van der Waals surface area contributed by atoms with Gasteiger partial charge in [0.2, 0.25) is 0 Å². The van der Waals surface area contributed by atoms with Gasteiger partial charge < -0.3 is 22.6 Å². The molecule has 0 aliphatic rings. The van der Waals surface area contributed by atoms with Crippen LogP contribution in [0.4, 0.5) is 0 Å². The number of hydrogen-bond acceptors (Lipinski definition) is 6. The number of rotatable bonds is 12. The summed E-state index contributed by atoms with van der Waals surface area (Å²) in [5, 5.41) is 12.8. The van der Waals surface area contributed by atoms with Gasteiger partial charge in [-0.05, 0) is 82.5 Å². The second kappa shape index (κ2) is 17.2. The van der Waals surface area contributed by atoms with Crippen LogP contribution in [0.15, 0.2) is 35.7 Å². The normalized spacial score (nSPS) is 13.6. The number of carbonyl (C=O) groups excluding carboxylic acids is 1. The van der Waals surface area contributed by atoms with Gasteiger partial charge in [-0.1, -0.05) is 36.3 Å². The minimum absolute atomic E-state index is 0. The smallest absolute Gasteiger partial charge is 0.347 e. The maximum atomic E-state index is 12.5. The molecule has 0 aliphatic carbocycles. The van der Waals surface area contributed by atoms with Crippen molar-refractivity contribution in [3.05, 3.63) is 35.7 Å². The number of allylic oxidation sites excluding steroid dienone is 2. The first-order valence-electron chi connectivity index (χ1n) is 10.3. The van der Waals surface area contributed by atoms with Gasteiger partial charge in [-0.3, -0.25) is 4.79 Å². The Kier molecular flexibility index (Phi) is 21.5. The minimum atomic E-state index is -2.89. The highest BCUT2D eigenvalue weighted by Gasteiger charge is 2.46. The third-order valence-corrected chi connectivity index (χ3v) is 17.0. The summed E-state index contributed by atoms with van der Waals surface area (Å²) in [5.74, 6) is -0.453. The lowest BCUT2D eigenvalue weighted by molar-refractivity contribution is -0.116. The lowest BCUT2D eigenvalue weighted by Gasteiger charge is -2.42. The third-order valence-electron chi connectivity index (χ3n) is 3.61. The summed E-state index contributed by atoms with van der Waals surface area (Å²) in [6.07, 6.45) is 4.90. The Hall–Kier alpha value is -1.27. The van der Waals surface area contributed by atoms with Crippen molar-refractivity contribution < 1.29 is 17.1 Å². The summed E-state index contributed by atoms with van der Waals surface area (Å²) in [4.78, 5) is 14.3. The number of hydrogen-bond donors (Lipinski definition) is 1. The Morgan fingerprint density at radius 1 is 0.914 bits per heavy atom. The molecular formula is C24H57N3O4Si4. The van der Waals surface area contributed by atoms with Crippen LogP contribution in [0, 0.1) is 11.3 Å². The predicted molar refractivity (Wildman–Crippen MR) is 165 cm³/mol. The van der Waals surface area contributed by atoms with Crippen LogP contribution in [0.1, 0.15) is 29.7 Å². The van der Waals surface area contributed by atoms with Gasteiger partial charge in [-0.15, -0.1) is 0 Å². The molecule has 0 bridgehead atoms. The van der Waals surface area contributed by atoms with Crippen LogP contribution in [0.3, 0.4) is 0 Å². The highest BCUT2D eigenvalue weighted by molar-refractivity contribution is 6.92. The molecule has 0 heterocycles. The highest BCUT2D eigenvalue weighted by atomic mass is 28.5. The van der Waals surface area contributed by atoms with E-state index < -0.39 is 39.7 Å². The topological polar surface area (TPSA) is 83.8 Å². The molecule has 0 fully saturated rings. The van der Waals surface area contributed by atoms with E-state index in [1.807, 2.05) is 44.7 Å². The Bertz CT molecular complexity index is 749. The summed E-state index contributed by atoms with van der Waals surface area (Å²) < 4.78 is 19.5. The fraction of sp³-hybridized carbons (Fsp3) is 0.667. The van der Waals surface area contributed by atoms with E-state index in [4.69, 9.17) is 12.3 Å². The molecule has 0 radical (unpaired) electrons. The Morgan fingerprint density at radius 2 is 1.37 bits per heavy atom. The number of nitriles is 1. The second-order valence-corrected chi connectivity index (χ2v) is 26.5. The molecule has 35 heavy (non-hydrogen) atoms. The number of amides is 1. The molecule has 11 heteroatoms. The molecular weight excluding hydrogens is 507 g/mol. The monoisotopic (exact) mass is 563 g/mol. The molecule has 7 nitrogen and oxygen atoms in total. The molecule has 0 aromatic heterocycles. The van der Waals surface area contributed by atoms with E-state index in [0.29, 0.717) is 5.20 Å². The van der Waals surface area contributed by atoms with E-state index in [1.165, 1.54) is 6.08 Å². The Morgan fingerprint density at radius 3 is 1.74 bits per heavy atom. The first-order chi connectivity index (χ1) is 13.8.